The van der Waals surface area contributed by atoms with Crippen LogP contribution < -0.4 is 0 Å². The van der Waals surface area contributed by atoms with Gasteiger partial charge in [-0.05, 0) is 119 Å². The van der Waals surface area contributed by atoms with Crippen molar-refractivity contribution in [2.75, 3.05) is 0 Å². The molecule has 0 fully saturated rings. The molecular formula is C44H64N4. The maximum Gasteiger partial charge on any atom is 0.0689 e. The van der Waals surface area contributed by atoms with Crippen LogP contribution in [0.2, 0.25) is 0 Å². The third-order valence-electron chi connectivity index (χ3n) is 11.3. The van der Waals surface area contributed by atoms with Crippen LogP contribution in [-0.2, 0) is 25.7 Å². The average molecular weight is 649 g/mol. The van der Waals surface area contributed by atoms with Gasteiger partial charge in [-0.3, -0.25) is 9.98 Å². The highest BCUT2D eigenvalue weighted by atomic mass is 14.9. The summed E-state index contributed by atoms with van der Waals surface area (Å²) >= 11 is 0. The van der Waals surface area contributed by atoms with Crippen LogP contribution in [-0.4, -0.2) is 21.4 Å². The lowest BCUT2D eigenvalue weighted by molar-refractivity contribution is 0.346. The average Bonchev–Trinajstić information content (AvgIpc) is 3.75. The monoisotopic (exact) mass is 649 g/mol. The Morgan fingerprint density at radius 2 is 0.792 bits per heavy atom. The van der Waals surface area contributed by atoms with Crippen molar-refractivity contribution in [3.63, 3.8) is 0 Å². The van der Waals surface area contributed by atoms with Crippen LogP contribution >= 0.6 is 0 Å². The van der Waals surface area contributed by atoms with Gasteiger partial charge in [-0.15, -0.1) is 0 Å². The van der Waals surface area contributed by atoms with Gasteiger partial charge in [-0.2, -0.15) is 0 Å². The van der Waals surface area contributed by atoms with Crippen LogP contribution in [0, 0.1) is 16.7 Å². The van der Waals surface area contributed by atoms with E-state index in [1.54, 1.807) is 0 Å². The molecule has 0 aliphatic carbocycles. The minimum Gasteiger partial charge on any atom is -0.358 e. The van der Waals surface area contributed by atoms with E-state index in [0.717, 1.165) is 62.8 Å². The lowest BCUT2D eigenvalue weighted by Gasteiger charge is -2.33. The Kier molecular flexibility index (Phi) is 10.3. The van der Waals surface area contributed by atoms with Crippen LogP contribution in [0.15, 0.2) is 43.7 Å². The molecule has 0 spiro atoms. The smallest absolute Gasteiger partial charge is 0.0689 e. The second-order valence-electron chi connectivity index (χ2n) is 16.2. The van der Waals surface area contributed by atoms with Gasteiger partial charge in [0.05, 0.1) is 22.8 Å². The molecule has 48 heavy (non-hydrogen) atoms. The van der Waals surface area contributed by atoms with Gasteiger partial charge in [0.2, 0.25) is 0 Å². The molecule has 0 radical (unpaired) electrons. The number of hydrogen-bond acceptors (Lipinski definition) is 2. The molecule has 5 rings (SSSR count). The summed E-state index contributed by atoms with van der Waals surface area (Å²) in [5.74, 6) is 0.299. The zero-order chi connectivity index (χ0) is 35.3. The van der Waals surface area contributed by atoms with E-state index in [-0.39, 0.29) is 22.7 Å². The van der Waals surface area contributed by atoms with Crippen LogP contribution in [0.1, 0.15) is 174 Å². The van der Waals surface area contributed by atoms with Crippen molar-refractivity contribution in [2.24, 2.45) is 26.7 Å². The van der Waals surface area contributed by atoms with Crippen LogP contribution in [0.3, 0.4) is 0 Å². The fraction of sp³-hybridized carbons (Fsp3) is 0.591. The summed E-state index contributed by atoms with van der Waals surface area (Å²) in [5.41, 5.74) is 21.4. The molecule has 0 unspecified atom stereocenters. The number of aromatic amines is 2. The van der Waals surface area contributed by atoms with Crippen molar-refractivity contribution in [3.05, 3.63) is 78.7 Å². The number of aliphatic imine (C=N–C) groups is 2. The lowest BCUT2D eigenvalue weighted by Crippen LogP contribution is -2.36. The number of hydrogen-bond donors (Lipinski definition) is 2. The van der Waals surface area contributed by atoms with Gasteiger partial charge < -0.3 is 9.97 Å². The quantitative estimate of drug-likeness (QED) is 0.286. The van der Waals surface area contributed by atoms with Crippen LogP contribution in [0.25, 0.3) is 12.2 Å². The van der Waals surface area contributed by atoms with Crippen molar-refractivity contribution in [3.8, 4) is 0 Å². The molecule has 0 aromatic carbocycles. The number of rotatable bonds is 8. The summed E-state index contributed by atoms with van der Waals surface area (Å²) in [6.45, 7) is 32.9. The Bertz CT molecular complexity index is 1640. The maximum absolute atomic E-state index is 5.66. The van der Waals surface area contributed by atoms with E-state index >= 15 is 0 Å². The summed E-state index contributed by atoms with van der Waals surface area (Å²) in [5, 5.41) is 0. The molecule has 0 saturated heterocycles. The number of aromatic nitrogens is 2. The van der Waals surface area contributed by atoms with Crippen molar-refractivity contribution in [2.45, 2.75) is 154 Å². The Labute approximate surface area is 292 Å². The van der Waals surface area contributed by atoms with E-state index in [2.05, 4.69) is 119 Å². The normalized spacial score (nSPS) is 20.0. The molecule has 5 heterocycles. The zero-order valence-corrected chi connectivity index (χ0v) is 32.9. The Balaban J connectivity index is 2.00. The summed E-state index contributed by atoms with van der Waals surface area (Å²) in [4.78, 5) is 19.5. The van der Waals surface area contributed by atoms with Gasteiger partial charge in [0.15, 0.2) is 0 Å². The van der Waals surface area contributed by atoms with Gasteiger partial charge in [0.1, 0.15) is 0 Å². The molecule has 2 aromatic heterocycles. The van der Waals surface area contributed by atoms with E-state index in [9.17, 15) is 0 Å². The molecule has 3 aliphatic heterocycles. The zero-order valence-electron chi connectivity index (χ0n) is 32.9. The molecule has 260 valence electrons. The molecule has 0 atom stereocenters. The van der Waals surface area contributed by atoms with Crippen molar-refractivity contribution >= 4 is 23.6 Å². The van der Waals surface area contributed by atoms with Crippen molar-refractivity contribution in [1.29, 1.82) is 0 Å². The molecule has 2 aromatic rings. The first-order valence-electron chi connectivity index (χ1n) is 19.3. The van der Waals surface area contributed by atoms with Crippen molar-refractivity contribution in [1.82, 2.24) is 9.97 Å². The Morgan fingerprint density at radius 3 is 1.06 bits per heavy atom. The third-order valence-corrected chi connectivity index (χ3v) is 11.3. The molecule has 3 aliphatic rings. The van der Waals surface area contributed by atoms with Gasteiger partial charge in [0.25, 0.3) is 0 Å². The highest BCUT2D eigenvalue weighted by Gasteiger charge is 2.42. The van der Waals surface area contributed by atoms with Gasteiger partial charge >= 0.3 is 0 Å². The highest BCUT2D eigenvalue weighted by molar-refractivity contribution is 6.24. The largest absolute Gasteiger partial charge is 0.358 e. The molecule has 4 heteroatoms. The van der Waals surface area contributed by atoms with Crippen molar-refractivity contribution < 1.29 is 0 Å². The minimum atomic E-state index is -0.0560. The fourth-order valence-electron chi connectivity index (χ4n) is 9.27. The predicted octanol–water partition coefficient (Wildman–Crippen LogP) is 12.3. The summed E-state index contributed by atoms with van der Waals surface area (Å²) in [7, 11) is 0. The Morgan fingerprint density at radius 1 is 0.458 bits per heavy atom. The number of nitrogens with zero attached hydrogens (tertiary/aromatic N) is 2. The molecule has 0 amide bonds. The lowest BCUT2D eigenvalue weighted by atomic mass is 9.70. The number of H-pyrrole nitrogens is 2. The minimum absolute atomic E-state index is 0.00908. The highest BCUT2D eigenvalue weighted by Crippen LogP contribution is 2.48. The van der Waals surface area contributed by atoms with E-state index in [1.165, 1.54) is 78.7 Å². The third kappa shape index (κ3) is 5.90. The molecule has 2 N–H and O–H groups in total. The molecule has 8 bridgehead atoms. The summed E-state index contributed by atoms with van der Waals surface area (Å²) in [6.07, 6.45) is 12.7. The van der Waals surface area contributed by atoms with E-state index in [0.29, 0.717) is 0 Å². The van der Waals surface area contributed by atoms with Gasteiger partial charge in [0, 0.05) is 34.6 Å². The van der Waals surface area contributed by atoms with Gasteiger partial charge in [-0.25, -0.2) is 0 Å². The van der Waals surface area contributed by atoms with Gasteiger partial charge in [-0.1, -0.05) is 96.9 Å². The standard InChI is InChI=1S/C44H64N4/c1-15-25-29(19-5)39-37(43(9,10)11)40-31(21-7)27(17-3)35(47-40)24-36-28(18-4)32(22-8)42(48-36)38(44(12,13)14)41-30(20-6)26(16-2)34(46-41)23-33(25)45-39/h23-24,37-38,45,47H,15-22H2,1-14H3. The number of nitrogens with one attached hydrogen (secondary N) is 2. The number of allylic oxidation sites excluding steroid dienone is 4. The van der Waals surface area contributed by atoms with Crippen LogP contribution in [0.4, 0.5) is 0 Å². The molecule has 4 nitrogen and oxygen atoms in total. The summed E-state index contributed by atoms with van der Waals surface area (Å²) < 4.78 is 0. The number of fused-ring (bicyclic) bond motifs is 6. The second-order valence-corrected chi connectivity index (χ2v) is 16.2. The fourth-order valence-corrected chi connectivity index (χ4v) is 9.27. The SMILES string of the molecule is CCC1=C(CC)C2=NC1=Cc1[nH]c(c(CC)c1CC)C(C(C)(C)C)c1[nH]c(c(CC)c1CC)C=C1N=C(C(CC)=C1CC)C2C(C)(C)C. The maximum atomic E-state index is 5.66. The topological polar surface area (TPSA) is 56.3 Å². The second kappa shape index (κ2) is 13.6. The summed E-state index contributed by atoms with van der Waals surface area (Å²) in [6, 6.07) is 0. The predicted molar refractivity (Wildman–Crippen MR) is 209 cm³/mol. The molecular weight excluding hydrogens is 585 g/mol. The van der Waals surface area contributed by atoms with E-state index < -0.39 is 0 Å². The first kappa shape index (κ1) is 36.1. The van der Waals surface area contributed by atoms with E-state index in [4.69, 9.17) is 9.98 Å². The molecule has 0 saturated carbocycles. The van der Waals surface area contributed by atoms with E-state index in [1.807, 2.05) is 0 Å². The Hall–Kier alpha value is -3.14. The van der Waals surface area contributed by atoms with Crippen LogP contribution in [0.5, 0.6) is 0 Å². The first-order chi connectivity index (χ1) is 22.7. The first-order valence-corrected chi connectivity index (χ1v) is 19.3.